The van der Waals surface area contributed by atoms with E-state index in [1.807, 2.05) is 78.9 Å². The molecule has 1 atom stereocenters. The number of amides is 1. The van der Waals surface area contributed by atoms with Gasteiger partial charge < -0.3 is 10.6 Å². The maximum absolute atomic E-state index is 12.6. The molecule has 0 bridgehead atoms. The first-order chi connectivity index (χ1) is 12.7. The molecule has 0 aliphatic carbocycles. The van der Waals surface area contributed by atoms with E-state index in [1.54, 1.807) is 0 Å². The van der Waals surface area contributed by atoms with Crippen LogP contribution in [0.5, 0.6) is 0 Å². The van der Waals surface area contributed by atoms with Crippen LogP contribution in [0, 0.1) is 0 Å². The number of rotatable bonds is 7. The SMILES string of the molecule is C[C@H]([NH2+]CC(=O)NC(c1ccccc1)c1ccccc1)c1ccccc1. The minimum absolute atomic E-state index is 0.0329. The highest BCUT2D eigenvalue weighted by molar-refractivity contribution is 5.77. The first kappa shape index (κ1) is 17.9. The molecular formula is C23H25N2O+. The van der Waals surface area contributed by atoms with Gasteiger partial charge in [-0.2, -0.15) is 0 Å². The van der Waals surface area contributed by atoms with Crippen LogP contribution in [0.15, 0.2) is 91.0 Å². The molecule has 0 saturated heterocycles. The predicted octanol–water partition coefficient (Wildman–Crippen LogP) is 3.22. The summed E-state index contributed by atoms with van der Waals surface area (Å²) in [5.74, 6) is 0.0329. The second-order valence-corrected chi connectivity index (χ2v) is 6.46. The van der Waals surface area contributed by atoms with Crippen LogP contribution in [0.4, 0.5) is 0 Å². The molecule has 0 spiro atoms. The number of hydrogen-bond acceptors (Lipinski definition) is 1. The third kappa shape index (κ3) is 4.80. The van der Waals surface area contributed by atoms with Crippen molar-refractivity contribution in [1.82, 2.24) is 5.32 Å². The number of hydrogen-bond donors (Lipinski definition) is 2. The zero-order chi connectivity index (χ0) is 18.2. The zero-order valence-electron chi connectivity index (χ0n) is 15.0. The van der Waals surface area contributed by atoms with Crippen molar-refractivity contribution in [2.45, 2.75) is 19.0 Å². The quantitative estimate of drug-likeness (QED) is 0.679. The minimum atomic E-state index is -0.134. The van der Waals surface area contributed by atoms with Crippen molar-refractivity contribution in [3.05, 3.63) is 108 Å². The summed E-state index contributed by atoms with van der Waals surface area (Å²) in [4.78, 5) is 12.6. The zero-order valence-corrected chi connectivity index (χ0v) is 15.0. The Bertz CT molecular complexity index is 764. The maximum atomic E-state index is 12.6. The lowest BCUT2D eigenvalue weighted by Crippen LogP contribution is -2.87. The molecule has 0 fully saturated rings. The summed E-state index contributed by atoms with van der Waals surface area (Å²) in [6, 6.07) is 30.5. The Labute approximate surface area is 155 Å². The van der Waals surface area contributed by atoms with Crippen molar-refractivity contribution in [1.29, 1.82) is 0 Å². The third-order valence-corrected chi connectivity index (χ3v) is 4.55. The largest absolute Gasteiger partial charge is 0.340 e. The van der Waals surface area contributed by atoms with Crippen LogP contribution < -0.4 is 10.6 Å². The van der Waals surface area contributed by atoms with Gasteiger partial charge in [0, 0.05) is 5.56 Å². The highest BCUT2D eigenvalue weighted by Gasteiger charge is 2.18. The Morgan fingerprint density at radius 2 is 1.19 bits per heavy atom. The van der Waals surface area contributed by atoms with Gasteiger partial charge in [-0.15, -0.1) is 0 Å². The van der Waals surface area contributed by atoms with E-state index < -0.39 is 0 Å². The van der Waals surface area contributed by atoms with Crippen molar-refractivity contribution in [2.75, 3.05) is 6.54 Å². The lowest BCUT2D eigenvalue weighted by molar-refractivity contribution is -0.682. The van der Waals surface area contributed by atoms with E-state index in [4.69, 9.17) is 0 Å². The van der Waals surface area contributed by atoms with Crippen molar-refractivity contribution in [3.63, 3.8) is 0 Å². The highest BCUT2D eigenvalue weighted by Crippen LogP contribution is 2.21. The number of quaternary nitrogens is 1. The first-order valence-corrected chi connectivity index (χ1v) is 9.01. The molecule has 3 rings (SSSR count). The molecule has 0 heterocycles. The monoisotopic (exact) mass is 345 g/mol. The summed E-state index contributed by atoms with van der Waals surface area (Å²) < 4.78 is 0. The van der Waals surface area contributed by atoms with Crippen LogP contribution in [0.3, 0.4) is 0 Å². The molecular weight excluding hydrogens is 320 g/mol. The number of carbonyl (C=O) groups excluding carboxylic acids is 1. The van der Waals surface area contributed by atoms with Gasteiger partial charge in [-0.1, -0.05) is 91.0 Å². The van der Waals surface area contributed by atoms with E-state index >= 15 is 0 Å². The normalized spacial score (nSPS) is 11.9. The molecule has 26 heavy (non-hydrogen) atoms. The number of nitrogens with two attached hydrogens (primary N) is 1. The molecule has 3 aromatic rings. The molecule has 0 unspecified atom stereocenters. The maximum Gasteiger partial charge on any atom is 0.275 e. The fourth-order valence-electron chi connectivity index (χ4n) is 3.05. The van der Waals surface area contributed by atoms with E-state index in [0.717, 1.165) is 11.1 Å². The standard InChI is InChI=1S/C23H24N2O/c1-18(19-11-5-2-6-12-19)24-17-22(26)25-23(20-13-7-3-8-14-20)21-15-9-4-10-16-21/h2-16,18,23-24H,17H2,1H3,(H,25,26)/p+1/t18-/m0/s1. The van der Waals surface area contributed by atoms with Gasteiger partial charge >= 0.3 is 0 Å². The molecule has 0 aromatic heterocycles. The fourth-order valence-corrected chi connectivity index (χ4v) is 3.05. The van der Waals surface area contributed by atoms with Gasteiger partial charge in [-0.05, 0) is 18.1 Å². The van der Waals surface area contributed by atoms with Crippen LogP contribution in [0.1, 0.15) is 35.7 Å². The van der Waals surface area contributed by atoms with Gasteiger partial charge in [0.1, 0.15) is 6.04 Å². The molecule has 3 N–H and O–H groups in total. The molecule has 132 valence electrons. The van der Waals surface area contributed by atoms with Crippen LogP contribution in [0.25, 0.3) is 0 Å². The minimum Gasteiger partial charge on any atom is -0.340 e. The van der Waals surface area contributed by atoms with E-state index in [-0.39, 0.29) is 18.0 Å². The van der Waals surface area contributed by atoms with E-state index in [0.29, 0.717) is 6.54 Å². The molecule has 0 aliphatic heterocycles. The van der Waals surface area contributed by atoms with Crippen LogP contribution in [-0.4, -0.2) is 12.5 Å². The average molecular weight is 345 g/mol. The van der Waals surface area contributed by atoms with Crippen LogP contribution >= 0.6 is 0 Å². The molecule has 3 heteroatoms. The number of carbonyl (C=O) groups is 1. The lowest BCUT2D eigenvalue weighted by Gasteiger charge is -2.20. The summed E-state index contributed by atoms with van der Waals surface area (Å²) in [7, 11) is 0. The summed E-state index contributed by atoms with van der Waals surface area (Å²) in [5, 5.41) is 5.25. The van der Waals surface area contributed by atoms with Crippen molar-refractivity contribution in [2.24, 2.45) is 0 Å². The first-order valence-electron chi connectivity index (χ1n) is 9.01. The van der Waals surface area contributed by atoms with Gasteiger partial charge in [0.25, 0.3) is 5.91 Å². The van der Waals surface area contributed by atoms with Gasteiger partial charge in [0.05, 0.1) is 6.04 Å². The Morgan fingerprint density at radius 3 is 1.65 bits per heavy atom. The van der Waals surface area contributed by atoms with Gasteiger partial charge in [0.2, 0.25) is 0 Å². The molecule has 3 aromatic carbocycles. The Hall–Kier alpha value is -2.91. The van der Waals surface area contributed by atoms with Gasteiger partial charge in [0.15, 0.2) is 6.54 Å². The topological polar surface area (TPSA) is 45.7 Å². The Kier molecular flexibility index (Phi) is 6.18. The summed E-state index contributed by atoms with van der Waals surface area (Å²) >= 11 is 0. The highest BCUT2D eigenvalue weighted by atomic mass is 16.2. The second kappa shape index (κ2) is 8.97. The fraction of sp³-hybridized carbons (Fsp3) is 0.174. The van der Waals surface area contributed by atoms with Gasteiger partial charge in [-0.25, -0.2) is 0 Å². The summed E-state index contributed by atoms with van der Waals surface area (Å²) in [6.07, 6.45) is 0. The number of nitrogens with one attached hydrogen (secondary N) is 1. The molecule has 0 aliphatic rings. The summed E-state index contributed by atoms with van der Waals surface area (Å²) in [6.45, 7) is 2.51. The Morgan fingerprint density at radius 1 is 0.769 bits per heavy atom. The summed E-state index contributed by atoms with van der Waals surface area (Å²) in [5.41, 5.74) is 3.40. The second-order valence-electron chi connectivity index (χ2n) is 6.46. The van der Waals surface area contributed by atoms with Crippen LogP contribution in [-0.2, 0) is 4.79 Å². The third-order valence-electron chi connectivity index (χ3n) is 4.55. The van der Waals surface area contributed by atoms with E-state index in [2.05, 4.69) is 29.7 Å². The molecule has 3 nitrogen and oxygen atoms in total. The Balaban J connectivity index is 1.66. The van der Waals surface area contributed by atoms with E-state index in [1.165, 1.54) is 5.56 Å². The predicted molar refractivity (Wildman–Crippen MR) is 105 cm³/mol. The number of benzene rings is 3. The van der Waals surface area contributed by atoms with Crippen molar-refractivity contribution in [3.8, 4) is 0 Å². The smallest absolute Gasteiger partial charge is 0.275 e. The molecule has 1 amide bonds. The molecule has 0 radical (unpaired) electrons. The molecule has 0 saturated carbocycles. The average Bonchev–Trinajstić information content (AvgIpc) is 2.72. The van der Waals surface area contributed by atoms with Crippen molar-refractivity contribution < 1.29 is 10.1 Å². The lowest BCUT2D eigenvalue weighted by atomic mass is 9.99. The van der Waals surface area contributed by atoms with Crippen LogP contribution in [0.2, 0.25) is 0 Å². The van der Waals surface area contributed by atoms with Crippen molar-refractivity contribution >= 4 is 5.91 Å². The van der Waals surface area contributed by atoms with E-state index in [9.17, 15) is 4.79 Å². The van der Waals surface area contributed by atoms with Gasteiger partial charge in [-0.3, -0.25) is 4.79 Å².